The van der Waals surface area contributed by atoms with Crippen molar-refractivity contribution in [2.45, 2.75) is 32.9 Å². The van der Waals surface area contributed by atoms with Crippen molar-refractivity contribution in [3.63, 3.8) is 0 Å². The van der Waals surface area contributed by atoms with E-state index in [1.165, 1.54) is 22.5 Å². The third-order valence-corrected chi connectivity index (χ3v) is 5.87. The number of amides is 1. The molecule has 6 heteroatoms. The Bertz CT molecular complexity index is 758. The van der Waals surface area contributed by atoms with Crippen molar-refractivity contribution in [3.05, 3.63) is 46.0 Å². The maximum absolute atomic E-state index is 12.9. The Morgan fingerprint density at radius 3 is 2.84 bits per heavy atom. The van der Waals surface area contributed by atoms with Crippen molar-refractivity contribution in [2.75, 3.05) is 32.5 Å². The molecule has 0 aliphatic carbocycles. The smallest absolute Gasteiger partial charge is 0.265 e. The van der Waals surface area contributed by atoms with Crippen molar-refractivity contribution in [2.24, 2.45) is 0 Å². The van der Waals surface area contributed by atoms with Gasteiger partial charge in [0.15, 0.2) is 5.13 Å². The van der Waals surface area contributed by atoms with Gasteiger partial charge < -0.3 is 10.2 Å². The van der Waals surface area contributed by atoms with E-state index in [9.17, 15) is 4.79 Å². The maximum Gasteiger partial charge on any atom is 0.265 e. The molecule has 5 nitrogen and oxygen atoms in total. The minimum atomic E-state index is 0.0615. The molecule has 1 unspecified atom stereocenters. The topological polar surface area (TPSA) is 48.5 Å². The number of carbonyl (C=O) groups excluding carboxylic acids is 1. The number of aryl methyl sites for hydroxylation is 1. The molecule has 1 atom stereocenters. The number of likely N-dealkylation sites (N-methyl/N-ethyl adjacent to an activating group) is 2. The first-order chi connectivity index (χ1) is 12.0. The fraction of sp³-hybridized carbons (Fsp3) is 0.474. The molecule has 2 heterocycles. The van der Waals surface area contributed by atoms with Gasteiger partial charge in [0, 0.05) is 32.7 Å². The van der Waals surface area contributed by atoms with E-state index in [1.807, 2.05) is 25.8 Å². The average Bonchev–Trinajstić information content (AvgIpc) is 2.95. The van der Waals surface area contributed by atoms with Crippen LogP contribution in [0.4, 0.5) is 5.13 Å². The zero-order valence-electron chi connectivity index (χ0n) is 15.4. The summed E-state index contributed by atoms with van der Waals surface area (Å²) in [6, 6.07) is 8.92. The zero-order valence-corrected chi connectivity index (χ0v) is 16.2. The van der Waals surface area contributed by atoms with Gasteiger partial charge in [-0.25, -0.2) is 4.98 Å². The minimum absolute atomic E-state index is 0.0615. The largest absolute Gasteiger partial charge is 0.362 e. The Morgan fingerprint density at radius 2 is 2.12 bits per heavy atom. The Balaban J connectivity index is 1.69. The number of carbonyl (C=O) groups is 1. The fourth-order valence-corrected chi connectivity index (χ4v) is 4.35. The van der Waals surface area contributed by atoms with E-state index in [0.717, 1.165) is 41.8 Å². The highest BCUT2D eigenvalue weighted by Crippen LogP contribution is 2.25. The molecule has 1 aromatic carbocycles. The third-order valence-electron chi connectivity index (χ3n) is 4.77. The molecule has 0 spiro atoms. The number of hydrogen-bond acceptors (Lipinski definition) is 5. The van der Waals surface area contributed by atoms with E-state index >= 15 is 0 Å². The molecule has 1 aliphatic heterocycles. The lowest BCUT2D eigenvalue weighted by molar-refractivity contribution is 0.0737. The molecule has 1 amide bonds. The van der Waals surface area contributed by atoms with Crippen LogP contribution in [0.25, 0.3) is 0 Å². The lowest BCUT2D eigenvalue weighted by Crippen LogP contribution is -2.46. The average molecular weight is 359 g/mol. The summed E-state index contributed by atoms with van der Waals surface area (Å²) in [4.78, 5) is 22.2. The number of anilines is 1. The number of benzene rings is 1. The normalized spacial score (nSPS) is 17.2. The van der Waals surface area contributed by atoms with Crippen LogP contribution >= 0.6 is 11.3 Å². The molecule has 1 aliphatic rings. The molecule has 1 N–H and O–H groups in total. The first-order valence-electron chi connectivity index (χ1n) is 8.73. The number of fused-ring (bicyclic) bond motifs is 1. The van der Waals surface area contributed by atoms with Gasteiger partial charge in [0.25, 0.3) is 5.91 Å². The first kappa shape index (κ1) is 17.9. The van der Waals surface area contributed by atoms with Crippen LogP contribution in [-0.2, 0) is 13.0 Å². The van der Waals surface area contributed by atoms with Gasteiger partial charge in [-0.2, -0.15) is 0 Å². The Morgan fingerprint density at radius 1 is 1.40 bits per heavy atom. The molecule has 0 radical (unpaired) electrons. The van der Waals surface area contributed by atoms with Crippen LogP contribution in [0.2, 0.25) is 0 Å². The Hall–Kier alpha value is -1.92. The second kappa shape index (κ2) is 7.54. The van der Waals surface area contributed by atoms with Crippen LogP contribution in [0, 0.1) is 6.92 Å². The number of aromatic nitrogens is 1. The van der Waals surface area contributed by atoms with E-state index < -0.39 is 0 Å². The number of rotatable bonds is 5. The van der Waals surface area contributed by atoms with Crippen LogP contribution in [0.5, 0.6) is 0 Å². The molecule has 25 heavy (non-hydrogen) atoms. The predicted octanol–water partition coefficient (Wildman–Crippen LogP) is 3.01. The van der Waals surface area contributed by atoms with Gasteiger partial charge in [-0.15, -0.1) is 0 Å². The first-order valence-corrected chi connectivity index (χ1v) is 9.55. The molecule has 3 rings (SSSR count). The summed E-state index contributed by atoms with van der Waals surface area (Å²) < 4.78 is 0. The van der Waals surface area contributed by atoms with E-state index in [2.05, 4.69) is 46.5 Å². The monoisotopic (exact) mass is 358 g/mol. The SMILES string of the molecule is CCNc1nc(C)c(C(=O)N(C)CC2Cc3ccccc3CN2C)s1. The standard InChI is InChI=1S/C19H26N4OS/c1-5-20-19-21-13(2)17(25-19)18(24)23(4)12-16-10-14-8-6-7-9-15(14)11-22(16)3/h6-9,16H,5,10-12H2,1-4H3,(H,20,21). The highest BCUT2D eigenvalue weighted by Gasteiger charge is 2.27. The zero-order chi connectivity index (χ0) is 18.0. The molecular formula is C19H26N4OS. The predicted molar refractivity (Wildman–Crippen MR) is 103 cm³/mol. The van der Waals surface area contributed by atoms with Crippen molar-refractivity contribution in [1.29, 1.82) is 0 Å². The molecule has 2 aromatic rings. The molecule has 0 fully saturated rings. The van der Waals surface area contributed by atoms with Crippen LogP contribution in [-0.4, -0.2) is 53.9 Å². The number of thiazole rings is 1. The fourth-order valence-electron chi connectivity index (χ4n) is 3.32. The van der Waals surface area contributed by atoms with Gasteiger partial charge in [-0.3, -0.25) is 9.69 Å². The molecular weight excluding hydrogens is 332 g/mol. The Kier molecular flexibility index (Phi) is 5.39. The lowest BCUT2D eigenvalue weighted by Gasteiger charge is -2.36. The van der Waals surface area contributed by atoms with Crippen LogP contribution in [0.3, 0.4) is 0 Å². The van der Waals surface area contributed by atoms with Gasteiger partial charge >= 0.3 is 0 Å². The van der Waals surface area contributed by atoms with E-state index in [4.69, 9.17) is 0 Å². The van der Waals surface area contributed by atoms with Gasteiger partial charge in [-0.05, 0) is 38.4 Å². The summed E-state index contributed by atoms with van der Waals surface area (Å²) in [5, 5.41) is 4.01. The van der Waals surface area contributed by atoms with Gasteiger partial charge in [0.1, 0.15) is 4.88 Å². The van der Waals surface area contributed by atoms with Crippen LogP contribution < -0.4 is 5.32 Å². The van der Waals surface area contributed by atoms with Gasteiger partial charge in [0.2, 0.25) is 0 Å². The third kappa shape index (κ3) is 3.85. The Labute approximate surface area is 153 Å². The molecule has 0 bridgehead atoms. The summed E-state index contributed by atoms with van der Waals surface area (Å²) in [6.45, 7) is 6.40. The summed E-state index contributed by atoms with van der Waals surface area (Å²) in [5.41, 5.74) is 3.60. The second-order valence-electron chi connectivity index (χ2n) is 6.69. The van der Waals surface area contributed by atoms with Crippen LogP contribution in [0.1, 0.15) is 33.4 Å². The van der Waals surface area contributed by atoms with E-state index in [1.54, 1.807) is 0 Å². The number of nitrogens with one attached hydrogen (secondary N) is 1. The molecule has 0 saturated carbocycles. The summed E-state index contributed by atoms with van der Waals surface area (Å²) in [5.74, 6) is 0.0615. The number of nitrogens with zero attached hydrogens (tertiary/aromatic N) is 3. The lowest BCUT2D eigenvalue weighted by atomic mass is 9.94. The van der Waals surface area contributed by atoms with E-state index in [0.29, 0.717) is 6.04 Å². The molecule has 134 valence electrons. The van der Waals surface area contributed by atoms with E-state index in [-0.39, 0.29) is 5.91 Å². The van der Waals surface area contributed by atoms with Crippen molar-refractivity contribution in [1.82, 2.24) is 14.8 Å². The molecule has 0 saturated heterocycles. The number of hydrogen-bond donors (Lipinski definition) is 1. The van der Waals surface area contributed by atoms with Gasteiger partial charge in [0.05, 0.1) is 5.69 Å². The van der Waals surface area contributed by atoms with Crippen molar-refractivity contribution >= 4 is 22.4 Å². The summed E-state index contributed by atoms with van der Waals surface area (Å²) in [6.07, 6.45) is 0.981. The van der Waals surface area contributed by atoms with Gasteiger partial charge in [-0.1, -0.05) is 35.6 Å². The highest BCUT2D eigenvalue weighted by molar-refractivity contribution is 7.17. The van der Waals surface area contributed by atoms with Crippen molar-refractivity contribution < 1.29 is 4.79 Å². The molecule has 1 aromatic heterocycles. The summed E-state index contributed by atoms with van der Waals surface area (Å²) in [7, 11) is 4.03. The van der Waals surface area contributed by atoms with Crippen molar-refractivity contribution in [3.8, 4) is 0 Å². The maximum atomic E-state index is 12.9. The highest BCUT2D eigenvalue weighted by atomic mass is 32.1. The van der Waals surface area contributed by atoms with Crippen LogP contribution in [0.15, 0.2) is 24.3 Å². The minimum Gasteiger partial charge on any atom is -0.362 e. The second-order valence-corrected chi connectivity index (χ2v) is 7.69. The quantitative estimate of drug-likeness (QED) is 0.893. The summed E-state index contributed by atoms with van der Waals surface area (Å²) >= 11 is 1.44.